The number of nitrogen functional groups attached to an aromatic ring is 1. The van der Waals surface area contributed by atoms with Crippen LogP contribution in [0.2, 0.25) is 0 Å². The van der Waals surface area contributed by atoms with Gasteiger partial charge in [0.2, 0.25) is 0 Å². The summed E-state index contributed by atoms with van der Waals surface area (Å²) >= 11 is 0. The Morgan fingerprint density at radius 1 is 1.27 bits per heavy atom. The lowest BCUT2D eigenvalue weighted by Crippen LogP contribution is -2.10. The van der Waals surface area contributed by atoms with Crippen LogP contribution in [-0.4, -0.2) is 16.7 Å². The van der Waals surface area contributed by atoms with E-state index in [1.165, 1.54) is 35.2 Å². The SMILES string of the molecule is COc1ccc2c(c1)c1c(N)c3c(nc1n2CCC=C(C)C)CCCC3. The van der Waals surface area contributed by atoms with Gasteiger partial charge in [-0.25, -0.2) is 4.98 Å². The maximum absolute atomic E-state index is 6.68. The third-order valence-corrected chi connectivity index (χ3v) is 5.42. The van der Waals surface area contributed by atoms with Crippen molar-refractivity contribution < 1.29 is 4.74 Å². The number of pyridine rings is 1. The highest BCUT2D eigenvalue weighted by molar-refractivity contribution is 6.13. The monoisotopic (exact) mass is 349 g/mol. The van der Waals surface area contributed by atoms with E-state index in [9.17, 15) is 0 Å². The van der Waals surface area contributed by atoms with E-state index in [0.29, 0.717) is 0 Å². The van der Waals surface area contributed by atoms with Gasteiger partial charge in [0.25, 0.3) is 0 Å². The van der Waals surface area contributed by atoms with Crippen LogP contribution in [0.1, 0.15) is 44.4 Å². The van der Waals surface area contributed by atoms with E-state index in [-0.39, 0.29) is 0 Å². The normalized spacial score (nSPS) is 13.8. The van der Waals surface area contributed by atoms with Crippen LogP contribution in [-0.2, 0) is 19.4 Å². The summed E-state index contributed by atoms with van der Waals surface area (Å²) in [6, 6.07) is 6.26. The maximum Gasteiger partial charge on any atom is 0.143 e. The highest BCUT2D eigenvalue weighted by atomic mass is 16.5. The molecule has 0 spiro atoms. The third-order valence-electron chi connectivity index (χ3n) is 5.42. The molecule has 4 heteroatoms. The Morgan fingerprint density at radius 2 is 2.08 bits per heavy atom. The number of aromatic nitrogens is 2. The molecule has 0 bridgehead atoms. The summed E-state index contributed by atoms with van der Waals surface area (Å²) in [4.78, 5) is 5.09. The first-order chi connectivity index (χ1) is 12.6. The van der Waals surface area contributed by atoms with E-state index in [1.807, 2.05) is 6.07 Å². The molecule has 0 saturated carbocycles. The molecule has 0 radical (unpaired) electrons. The Kier molecular flexibility index (Phi) is 4.35. The Morgan fingerprint density at radius 3 is 2.85 bits per heavy atom. The number of anilines is 1. The second-order valence-corrected chi connectivity index (χ2v) is 7.46. The largest absolute Gasteiger partial charge is 0.497 e. The number of benzene rings is 1. The van der Waals surface area contributed by atoms with Gasteiger partial charge >= 0.3 is 0 Å². The zero-order chi connectivity index (χ0) is 18.3. The van der Waals surface area contributed by atoms with Gasteiger partial charge in [0.05, 0.1) is 18.0 Å². The lowest BCUT2D eigenvalue weighted by atomic mass is 9.93. The van der Waals surface area contributed by atoms with E-state index >= 15 is 0 Å². The first-order valence-corrected chi connectivity index (χ1v) is 9.50. The smallest absolute Gasteiger partial charge is 0.143 e. The number of allylic oxidation sites excluding steroid dienone is 2. The molecule has 0 saturated heterocycles. The summed E-state index contributed by atoms with van der Waals surface area (Å²) in [5.41, 5.74) is 13.6. The maximum atomic E-state index is 6.68. The first kappa shape index (κ1) is 17.0. The average molecular weight is 349 g/mol. The van der Waals surface area contributed by atoms with Gasteiger partial charge in [0, 0.05) is 23.3 Å². The fraction of sp³-hybridized carbons (Fsp3) is 0.409. The quantitative estimate of drug-likeness (QED) is 0.673. The van der Waals surface area contributed by atoms with Crippen LogP contribution in [0.4, 0.5) is 5.69 Å². The zero-order valence-electron chi connectivity index (χ0n) is 15.9. The molecule has 136 valence electrons. The molecule has 4 rings (SSSR count). The van der Waals surface area contributed by atoms with Crippen molar-refractivity contribution in [2.24, 2.45) is 0 Å². The number of fused-ring (bicyclic) bond motifs is 4. The van der Waals surface area contributed by atoms with Crippen LogP contribution < -0.4 is 10.5 Å². The number of hydrogen-bond acceptors (Lipinski definition) is 3. The van der Waals surface area contributed by atoms with Gasteiger partial charge in [0.1, 0.15) is 11.4 Å². The lowest BCUT2D eigenvalue weighted by molar-refractivity contribution is 0.415. The minimum atomic E-state index is 0.859. The molecule has 1 aromatic carbocycles. The van der Waals surface area contributed by atoms with Gasteiger partial charge in [-0.05, 0) is 69.7 Å². The van der Waals surface area contributed by atoms with Crippen LogP contribution >= 0.6 is 0 Å². The molecule has 3 aromatic rings. The summed E-state index contributed by atoms with van der Waals surface area (Å²) < 4.78 is 7.79. The summed E-state index contributed by atoms with van der Waals surface area (Å²) in [5.74, 6) is 0.859. The molecule has 1 aliphatic rings. The van der Waals surface area contributed by atoms with Gasteiger partial charge < -0.3 is 15.0 Å². The number of methoxy groups -OCH3 is 1. The van der Waals surface area contributed by atoms with Crippen LogP contribution in [0.3, 0.4) is 0 Å². The highest BCUT2D eigenvalue weighted by Gasteiger charge is 2.21. The van der Waals surface area contributed by atoms with E-state index in [4.69, 9.17) is 15.5 Å². The molecule has 0 unspecified atom stereocenters. The molecule has 2 N–H and O–H groups in total. The van der Waals surface area contributed by atoms with Gasteiger partial charge in [0.15, 0.2) is 0 Å². The van der Waals surface area contributed by atoms with Crippen molar-refractivity contribution in [3.8, 4) is 5.75 Å². The molecule has 0 amide bonds. The molecule has 0 atom stereocenters. The number of ether oxygens (including phenoxy) is 1. The number of hydrogen-bond donors (Lipinski definition) is 1. The molecular weight excluding hydrogens is 322 g/mol. The van der Waals surface area contributed by atoms with Crippen molar-refractivity contribution in [1.82, 2.24) is 9.55 Å². The van der Waals surface area contributed by atoms with Crippen molar-refractivity contribution in [3.63, 3.8) is 0 Å². The number of nitrogens with zero attached hydrogens (tertiary/aromatic N) is 2. The summed E-state index contributed by atoms with van der Waals surface area (Å²) in [5, 5.41) is 2.24. The Hall–Kier alpha value is -2.49. The van der Waals surface area contributed by atoms with Crippen LogP contribution in [0.25, 0.3) is 21.9 Å². The predicted octanol–water partition coefficient (Wildman–Crippen LogP) is 5.02. The number of nitrogens with two attached hydrogens (primary N) is 1. The molecule has 2 aromatic heterocycles. The Balaban J connectivity index is 2.00. The third kappa shape index (κ3) is 2.74. The molecule has 1 aliphatic carbocycles. The van der Waals surface area contributed by atoms with E-state index in [2.05, 4.69) is 36.6 Å². The van der Waals surface area contributed by atoms with Crippen molar-refractivity contribution >= 4 is 27.6 Å². The van der Waals surface area contributed by atoms with Gasteiger partial charge in [-0.15, -0.1) is 0 Å². The number of rotatable bonds is 4. The van der Waals surface area contributed by atoms with Crippen LogP contribution in [0.15, 0.2) is 29.8 Å². The lowest BCUT2D eigenvalue weighted by Gasteiger charge is -2.18. The van der Waals surface area contributed by atoms with Crippen LogP contribution in [0, 0.1) is 0 Å². The van der Waals surface area contributed by atoms with E-state index in [0.717, 1.165) is 53.7 Å². The fourth-order valence-corrected chi connectivity index (χ4v) is 4.12. The van der Waals surface area contributed by atoms with E-state index in [1.54, 1.807) is 7.11 Å². The first-order valence-electron chi connectivity index (χ1n) is 9.50. The standard InChI is InChI=1S/C22H27N3O/c1-14(2)7-6-12-25-19-11-10-15(26-3)13-17(19)20-21(23)16-8-4-5-9-18(16)24-22(20)25/h7,10-11,13H,4-6,8-9,12H2,1-3H3,(H2,23,24). The van der Waals surface area contributed by atoms with Crippen molar-refractivity contribution in [2.75, 3.05) is 12.8 Å². The highest BCUT2D eigenvalue weighted by Crippen LogP contribution is 2.38. The fourth-order valence-electron chi connectivity index (χ4n) is 4.12. The van der Waals surface area contributed by atoms with Crippen molar-refractivity contribution in [3.05, 3.63) is 41.1 Å². The van der Waals surface area contributed by atoms with Crippen molar-refractivity contribution in [1.29, 1.82) is 0 Å². The molecule has 2 heterocycles. The van der Waals surface area contributed by atoms with Gasteiger partial charge in [-0.3, -0.25) is 0 Å². The molecular formula is C22H27N3O. The second-order valence-electron chi connectivity index (χ2n) is 7.46. The summed E-state index contributed by atoms with van der Waals surface area (Å²) in [6.45, 7) is 5.19. The van der Waals surface area contributed by atoms with Gasteiger partial charge in [-0.2, -0.15) is 0 Å². The summed E-state index contributed by atoms with van der Waals surface area (Å²) in [7, 11) is 1.71. The molecule has 0 fully saturated rings. The van der Waals surface area contributed by atoms with Crippen molar-refractivity contribution in [2.45, 2.75) is 52.5 Å². The Labute approximate surface area is 154 Å². The Bertz CT molecular complexity index is 1010. The van der Waals surface area contributed by atoms with Gasteiger partial charge in [-0.1, -0.05) is 11.6 Å². The minimum Gasteiger partial charge on any atom is -0.497 e. The number of aryl methyl sites for hydroxylation is 2. The zero-order valence-corrected chi connectivity index (χ0v) is 15.9. The minimum absolute atomic E-state index is 0.859. The molecule has 26 heavy (non-hydrogen) atoms. The predicted molar refractivity (Wildman–Crippen MR) is 109 cm³/mol. The second kappa shape index (κ2) is 6.67. The molecule has 4 nitrogen and oxygen atoms in total. The topological polar surface area (TPSA) is 53.1 Å². The van der Waals surface area contributed by atoms with E-state index < -0.39 is 0 Å². The summed E-state index contributed by atoms with van der Waals surface area (Å²) in [6.07, 6.45) is 7.76. The average Bonchev–Trinajstić information content (AvgIpc) is 2.95. The van der Waals surface area contributed by atoms with Crippen LogP contribution in [0.5, 0.6) is 5.75 Å². The molecule has 0 aliphatic heterocycles.